The number of aryl methyl sites for hydroxylation is 2. The van der Waals surface area contributed by atoms with Crippen molar-refractivity contribution in [3.63, 3.8) is 0 Å². The highest BCUT2D eigenvalue weighted by Crippen LogP contribution is 2.09. The van der Waals surface area contributed by atoms with Crippen molar-refractivity contribution in [3.05, 3.63) is 42.0 Å². The Morgan fingerprint density at radius 1 is 1.18 bits per heavy atom. The van der Waals surface area contributed by atoms with Crippen LogP contribution in [-0.2, 0) is 19.4 Å². The summed E-state index contributed by atoms with van der Waals surface area (Å²) in [5, 5.41) is 8.49. The van der Waals surface area contributed by atoms with E-state index in [-0.39, 0.29) is 0 Å². The van der Waals surface area contributed by atoms with Gasteiger partial charge in [-0.25, -0.2) is 0 Å². The summed E-state index contributed by atoms with van der Waals surface area (Å²) in [6.07, 6.45) is 9.87. The van der Waals surface area contributed by atoms with Crippen LogP contribution < -0.4 is 5.73 Å². The fraction of sp³-hybridized carbons (Fsp3) is 0.562. The molecule has 2 aromatic heterocycles. The molecule has 0 spiro atoms. The van der Waals surface area contributed by atoms with E-state index in [9.17, 15) is 0 Å². The zero-order valence-corrected chi connectivity index (χ0v) is 12.9. The molecule has 3 rings (SSSR count). The first kappa shape index (κ1) is 15.1. The molecule has 0 atom stereocenters. The van der Waals surface area contributed by atoms with E-state index < -0.39 is 0 Å². The summed E-state index contributed by atoms with van der Waals surface area (Å²) in [5.74, 6) is 0. The van der Waals surface area contributed by atoms with E-state index >= 15 is 0 Å². The Morgan fingerprint density at radius 3 is 2.82 bits per heavy atom. The van der Waals surface area contributed by atoms with Gasteiger partial charge in [-0.2, -0.15) is 0 Å². The van der Waals surface area contributed by atoms with E-state index in [0.717, 1.165) is 57.6 Å². The van der Waals surface area contributed by atoms with Gasteiger partial charge < -0.3 is 10.6 Å². The average molecular weight is 300 g/mol. The van der Waals surface area contributed by atoms with Crippen molar-refractivity contribution in [2.45, 2.75) is 38.3 Å². The molecule has 3 heterocycles. The van der Waals surface area contributed by atoms with Gasteiger partial charge in [-0.1, -0.05) is 11.3 Å². The molecule has 22 heavy (non-hydrogen) atoms. The second kappa shape index (κ2) is 7.47. The highest BCUT2D eigenvalue weighted by Gasteiger charge is 2.15. The van der Waals surface area contributed by atoms with Gasteiger partial charge in [0.05, 0.1) is 5.69 Å². The monoisotopic (exact) mass is 300 g/mol. The van der Waals surface area contributed by atoms with Crippen LogP contribution in [0.25, 0.3) is 0 Å². The van der Waals surface area contributed by atoms with Crippen LogP contribution in [0.5, 0.6) is 0 Å². The Bertz CT molecular complexity index is 559. The number of rotatable bonds is 6. The first-order valence-electron chi connectivity index (χ1n) is 8.05. The van der Waals surface area contributed by atoms with E-state index in [4.69, 9.17) is 5.73 Å². The van der Waals surface area contributed by atoms with Gasteiger partial charge >= 0.3 is 0 Å². The van der Waals surface area contributed by atoms with E-state index in [1.165, 1.54) is 5.56 Å². The molecule has 1 saturated heterocycles. The van der Waals surface area contributed by atoms with Gasteiger partial charge in [0.2, 0.25) is 0 Å². The van der Waals surface area contributed by atoms with Gasteiger partial charge in [-0.05, 0) is 44.0 Å². The lowest BCUT2D eigenvalue weighted by atomic mass is 10.1. The summed E-state index contributed by atoms with van der Waals surface area (Å²) < 4.78 is 1.93. The Balaban J connectivity index is 1.43. The maximum absolute atomic E-state index is 5.93. The van der Waals surface area contributed by atoms with Gasteiger partial charge in [0.25, 0.3) is 0 Å². The fourth-order valence-corrected chi connectivity index (χ4v) is 2.80. The molecule has 0 radical (unpaired) electrons. The first-order valence-corrected chi connectivity index (χ1v) is 8.05. The van der Waals surface area contributed by atoms with Crippen LogP contribution in [0.15, 0.2) is 30.7 Å². The first-order chi connectivity index (χ1) is 10.8. The molecule has 6 nitrogen and oxygen atoms in total. The third-order valence-electron chi connectivity index (χ3n) is 4.25. The lowest BCUT2D eigenvalue weighted by molar-refractivity contribution is 0.215. The van der Waals surface area contributed by atoms with Crippen LogP contribution in [0.2, 0.25) is 0 Å². The van der Waals surface area contributed by atoms with E-state index in [2.05, 4.69) is 32.5 Å². The Morgan fingerprint density at radius 2 is 2.05 bits per heavy atom. The number of pyridine rings is 1. The molecule has 0 aromatic carbocycles. The minimum atomic E-state index is 0.393. The summed E-state index contributed by atoms with van der Waals surface area (Å²) >= 11 is 0. The molecule has 2 N–H and O–H groups in total. The molecule has 1 fully saturated rings. The van der Waals surface area contributed by atoms with Crippen molar-refractivity contribution >= 4 is 0 Å². The highest BCUT2D eigenvalue weighted by atomic mass is 15.4. The number of aromatic nitrogens is 4. The van der Waals surface area contributed by atoms with Crippen molar-refractivity contribution in [2.24, 2.45) is 5.73 Å². The van der Waals surface area contributed by atoms with Crippen molar-refractivity contribution in [1.29, 1.82) is 0 Å². The number of hydrogen-bond acceptors (Lipinski definition) is 5. The second-order valence-electron chi connectivity index (χ2n) is 6.01. The molecule has 2 aromatic rings. The van der Waals surface area contributed by atoms with Crippen molar-refractivity contribution in [1.82, 2.24) is 24.9 Å². The van der Waals surface area contributed by atoms with E-state index in [0.29, 0.717) is 6.04 Å². The van der Waals surface area contributed by atoms with Gasteiger partial charge in [0.1, 0.15) is 0 Å². The molecule has 0 bridgehead atoms. The predicted molar refractivity (Wildman–Crippen MR) is 85.3 cm³/mol. The zero-order chi connectivity index (χ0) is 15.2. The summed E-state index contributed by atoms with van der Waals surface area (Å²) in [5.41, 5.74) is 8.23. The standard InChI is InChI=1S/C16H24N6/c17-15-4-8-21(9-5-15)10-6-16-13-22(20-19-16)11-3-14-2-1-7-18-12-14/h1-2,7,12-13,15H,3-6,8-11,17H2. The van der Waals surface area contributed by atoms with E-state index in [1.807, 2.05) is 16.9 Å². The maximum Gasteiger partial charge on any atom is 0.0839 e. The number of piperidine rings is 1. The maximum atomic E-state index is 5.93. The molecule has 1 aliphatic heterocycles. The molecular weight excluding hydrogens is 276 g/mol. The Hall–Kier alpha value is -1.79. The summed E-state index contributed by atoms with van der Waals surface area (Å²) in [6, 6.07) is 4.45. The van der Waals surface area contributed by atoms with Crippen LogP contribution in [0.1, 0.15) is 24.1 Å². The minimum Gasteiger partial charge on any atom is -0.328 e. The molecular formula is C16H24N6. The predicted octanol–water partition coefficient (Wildman–Crippen LogP) is 0.881. The fourth-order valence-electron chi connectivity index (χ4n) is 2.80. The van der Waals surface area contributed by atoms with Crippen LogP contribution in [0.4, 0.5) is 0 Å². The van der Waals surface area contributed by atoms with Crippen molar-refractivity contribution in [2.75, 3.05) is 19.6 Å². The SMILES string of the molecule is NC1CCN(CCc2cn(CCc3cccnc3)nn2)CC1. The zero-order valence-electron chi connectivity index (χ0n) is 12.9. The van der Waals surface area contributed by atoms with Crippen LogP contribution in [-0.4, -0.2) is 50.6 Å². The smallest absolute Gasteiger partial charge is 0.0839 e. The molecule has 118 valence electrons. The normalized spacial score (nSPS) is 17.0. The Kier molecular flexibility index (Phi) is 5.13. The van der Waals surface area contributed by atoms with Crippen molar-refractivity contribution < 1.29 is 0 Å². The Labute approximate surface area is 131 Å². The second-order valence-corrected chi connectivity index (χ2v) is 6.01. The van der Waals surface area contributed by atoms with Gasteiger partial charge in [0.15, 0.2) is 0 Å². The minimum absolute atomic E-state index is 0.393. The number of likely N-dealkylation sites (tertiary alicyclic amines) is 1. The summed E-state index contributed by atoms with van der Waals surface area (Å²) in [4.78, 5) is 6.60. The molecule has 0 aliphatic carbocycles. The summed E-state index contributed by atoms with van der Waals surface area (Å²) in [7, 11) is 0. The molecule has 0 unspecified atom stereocenters. The van der Waals surface area contributed by atoms with Gasteiger partial charge in [-0.3, -0.25) is 9.67 Å². The third-order valence-corrected chi connectivity index (χ3v) is 4.25. The van der Waals surface area contributed by atoms with Crippen LogP contribution in [0.3, 0.4) is 0 Å². The molecule has 1 aliphatic rings. The topological polar surface area (TPSA) is 72.9 Å². The number of nitrogens with zero attached hydrogens (tertiary/aromatic N) is 5. The lowest BCUT2D eigenvalue weighted by Gasteiger charge is -2.29. The quantitative estimate of drug-likeness (QED) is 0.857. The molecule has 0 saturated carbocycles. The largest absolute Gasteiger partial charge is 0.328 e. The highest BCUT2D eigenvalue weighted by molar-refractivity contribution is 5.08. The molecule has 0 amide bonds. The van der Waals surface area contributed by atoms with Crippen molar-refractivity contribution in [3.8, 4) is 0 Å². The van der Waals surface area contributed by atoms with E-state index in [1.54, 1.807) is 6.20 Å². The molecule has 6 heteroatoms. The third kappa shape index (κ3) is 4.35. The number of nitrogens with two attached hydrogens (primary N) is 1. The number of hydrogen-bond donors (Lipinski definition) is 1. The average Bonchev–Trinajstić information content (AvgIpc) is 3.01. The van der Waals surface area contributed by atoms with Crippen LogP contribution >= 0.6 is 0 Å². The summed E-state index contributed by atoms with van der Waals surface area (Å²) in [6.45, 7) is 4.11. The van der Waals surface area contributed by atoms with Gasteiger partial charge in [0, 0.05) is 44.1 Å². The van der Waals surface area contributed by atoms with Crippen LogP contribution in [0, 0.1) is 0 Å². The van der Waals surface area contributed by atoms with Gasteiger partial charge in [-0.15, -0.1) is 5.10 Å². The lowest BCUT2D eigenvalue weighted by Crippen LogP contribution is -2.40.